The molecule has 0 fully saturated rings. The van der Waals surface area contributed by atoms with Crippen LogP contribution in [0, 0.1) is 10.8 Å². The average molecular weight is 388 g/mol. The van der Waals surface area contributed by atoms with Gasteiger partial charge in [0, 0.05) is 62.2 Å². The summed E-state index contributed by atoms with van der Waals surface area (Å²) < 4.78 is 0. The number of fused-ring (bicyclic) bond motifs is 1. The maximum Gasteiger partial charge on any atom is 0.246 e. The summed E-state index contributed by atoms with van der Waals surface area (Å²) in [4.78, 5) is 39.4. The predicted molar refractivity (Wildman–Crippen MR) is 99.9 cm³/mol. The van der Waals surface area contributed by atoms with Gasteiger partial charge in [-0.1, -0.05) is 41.5 Å². The van der Waals surface area contributed by atoms with Crippen molar-refractivity contribution < 1.29 is 9.59 Å². The summed E-state index contributed by atoms with van der Waals surface area (Å²) >= 11 is 0. The number of nitrogens with zero attached hydrogens (tertiary/aromatic N) is 3. The number of carbonyl (C=O) groups excluding carboxylic acids is 2. The molecule has 0 saturated carbocycles. The van der Waals surface area contributed by atoms with Crippen LogP contribution in [0.1, 0.15) is 41.5 Å². The maximum absolute atomic E-state index is 12.0. The molecule has 0 atom stereocenters. The number of aromatic amines is 1. The number of hydrazine groups is 2. The fourth-order valence-corrected chi connectivity index (χ4v) is 1.58. The van der Waals surface area contributed by atoms with E-state index in [-0.39, 0.29) is 69.1 Å². The van der Waals surface area contributed by atoms with Crippen molar-refractivity contribution in [2.75, 3.05) is 10.9 Å². The van der Waals surface area contributed by atoms with Gasteiger partial charge in [-0.15, -0.1) is 0 Å². The van der Waals surface area contributed by atoms with Crippen LogP contribution >= 0.6 is 0 Å². The molecule has 0 aromatic carbocycles. The second-order valence-electron chi connectivity index (χ2n) is 7.66. The molecular formula is C15H24KN8O2. The summed E-state index contributed by atoms with van der Waals surface area (Å²) in [7, 11) is 0. The molecule has 10 nitrogen and oxygen atoms in total. The Hall–Kier alpha value is -1.27. The number of rotatable bonds is 4. The number of nitrogens with one attached hydrogen (secondary N) is 5. The summed E-state index contributed by atoms with van der Waals surface area (Å²) in [5, 5.41) is 0. The SMILES string of the molecule is CC(C)(C)C(=O)NNc1nc(NNC(=O)C(C)(C)C)c2[nH]cnc2n1.[K]. The van der Waals surface area contributed by atoms with Gasteiger partial charge in [0.15, 0.2) is 11.5 Å². The van der Waals surface area contributed by atoms with E-state index in [0.29, 0.717) is 17.0 Å². The third-order valence-corrected chi connectivity index (χ3v) is 3.23. The Kier molecular flexibility index (Phi) is 7.54. The molecular weight excluding hydrogens is 363 g/mol. The van der Waals surface area contributed by atoms with Crippen molar-refractivity contribution in [1.29, 1.82) is 0 Å². The molecule has 2 amide bonds. The van der Waals surface area contributed by atoms with Gasteiger partial charge in [-0.25, -0.2) is 4.98 Å². The minimum Gasteiger partial charge on any atom is -0.340 e. The second kappa shape index (κ2) is 8.61. The van der Waals surface area contributed by atoms with E-state index in [4.69, 9.17) is 0 Å². The summed E-state index contributed by atoms with van der Waals surface area (Å²) in [6.07, 6.45) is 1.47. The van der Waals surface area contributed by atoms with Crippen LogP contribution in [0.3, 0.4) is 0 Å². The van der Waals surface area contributed by atoms with Crippen molar-refractivity contribution in [3.63, 3.8) is 0 Å². The van der Waals surface area contributed by atoms with Crippen LogP contribution in [0.5, 0.6) is 0 Å². The Bertz CT molecular complexity index is 791. The summed E-state index contributed by atoms with van der Waals surface area (Å²) in [5.41, 5.74) is 10.4. The molecule has 26 heavy (non-hydrogen) atoms. The number of aromatic nitrogens is 4. The molecule has 1 radical (unpaired) electrons. The number of hydrogen-bond donors (Lipinski definition) is 5. The van der Waals surface area contributed by atoms with Gasteiger partial charge in [0.2, 0.25) is 17.8 Å². The van der Waals surface area contributed by atoms with E-state index < -0.39 is 10.8 Å². The summed E-state index contributed by atoms with van der Waals surface area (Å²) in [5.74, 6) is 0.0559. The normalized spacial score (nSPS) is 11.5. The number of anilines is 2. The molecule has 2 aromatic heterocycles. The summed E-state index contributed by atoms with van der Waals surface area (Å²) in [6.45, 7) is 10.8. The molecule has 2 aromatic rings. The van der Waals surface area contributed by atoms with E-state index in [1.807, 2.05) is 0 Å². The largest absolute Gasteiger partial charge is 0.340 e. The van der Waals surface area contributed by atoms with Crippen molar-refractivity contribution in [3.05, 3.63) is 6.33 Å². The molecule has 2 heterocycles. The number of H-pyrrole nitrogens is 1. The van der Waals surface area contributed by atoms with E-state index >= 15 is 0 Å². The molecule has 0 spiro atoms. The van der Waals surface area contributed by atoms with Gasteiger partial charge in [0.25, 0.3) is 0 Å². The molecule has 0 aliphatic rings. The monoisotopic (exact) mass is 387 g/mol. The zero-order chi connectivity index (χ0) is 18.8. The summed E-state index contributed by atoms with van der Waals surface area (Å²) in [6, 6.07) is 0. The Morgan fingerprint density at radius 2 is 1.46 bits per heavy atom. The standard InChI is InChI=1S/C15H24N8O2.K/c1-14(2,3)11(24)21-20-10-8-9(17-7-16-8)18-13(19-10)23-22-12(25)15(4,5)6;/h7H,1-6H3,(H,21,24)(H,22,25)(H3,16,17,18,19,20,23);. The van der Waals surface area contributed by atoms with Crippen LogP contribution < -0.4 is 21.7 Å². The van der Waals surface area contributed by atoms with E-state index in [1.54, 1.807) is 41.5 Å². The molecule has 0 aliphatic carbocycles. The molecule has 0 aliphatic heterocycles. The van der Waals surface area contributed by atoms with Crippen LogP contribution in [0.2, 0.25) is 0 Å². The van der Waals surface area contributed by atoms with Crippen molar-refractivity contribution in [1.82, 2.24) is 30.8 Å². The molecule has 0 bridgehead atoms. The number of hydrogen-bond acceptors (Lipinski definition) is 7. The Morgan fingerprint density at radius 1 is 0.923 bits per heavy atom. The van der Waals surface area contributed by atoms with Crippen LogP contribution in [0.15, 0.2) is 6.33 Å². The van der Waals surface area contributed by atoms with Gasteiger partial charge >= 0.3 is 0 Å². The van der Waals surface area contributed by atoms with E-state index in [9.17, 15) is 9.59 Å². The van der Waals surface area contributed by atoms with Crippen LogP contribution in [0.25, 0.3) is 11.2 Å². The topological polar surface area (TPSA) is 137 Å². The third-order valence-electron chi connectivity index (χ3n) is 3.23. The molecule has 11 heteroatoms. The van der Waals surface area contributed by atoms with Gasteiger partial charge in [0.1, 0.15) is 5.52 Å². The zero-order valence-electron chi connectivity index (χ0n) is 16.2. The van der Waals surface area contributed by atoms with Gasteiger partial charge < -0.3 is 4.98 Å². The van der Waals surface area contributed by atoms with Crippen molar-refractivity contribution >= 4 is 86.1 Å². The Morgan fingerprint density at radius 3 is 2.00 bits per heavy atom. The van der Waals surface area contributed by atoms with Crippen LogP contribution in [-0.4, -0.2) is 83.1 Å². The first-order chi connectivity index (χ1) is 11.5. The molecule has 0 unspecified atom stereocenters. The number of amides is 2. The molecule has 137 valence electrons. The zero-order valence-corrected chi connectivity index (χ0v) is 19.4. The predicted octanol–water partition coefficient (Wildman–Crippen LogP) is 0.950. The van der Waals surface area contributed by atoms with Crippen LogP contribution in [-0.2, 0) is 9.59 Å². The second-order valence-corrected chi connectivity index (χ2v) is 7.66. The minimum atomic E-state index is -0.564. The number of carbonyl (C=O) groups is 2. The van der Waals surface area contributed by atoms with E-state index in [0.717, 1.165) is 0 Å². The Balaban J connectivity index is 0.00000338. The first-order valence-electron chi connectivity index (χ1n) is 7.82. The van der Waals surface area contributed by atoms with Crippen molar-refractivity contribution in [2.24, 2.45) is 10.8 Å². The van der Waals surface area contributed by atoms with Gasteiger partial charge in [-0.05, 0) is 0 Å². The fraction of sp³-hybridized carbons (Fsp3) is 0.533. The van der Waals surface area contributed by atoms with Gasteiger partial charge in [-0.3, -0.25) is 31.3 Å². The first-order valence-corrected chi connectivity index (χ1v) is 7.82. The van der Waals surface area contributed by atoms with Gasteiger partial charge in [0.05, 0.1) is 6.33 Å². The Labute approximate surface area is 194 Å². The van der Waals surface area contributed by atoms with E-state index in [1.165, 1.54) is 6.33 Å². The van der Waals surface area contributed by atoms with Crippen LogP contribution in [0.4, 0.5) is 11.8 Å². The average Bonchev–Trinajstić information content (AvgIpc) is 2.96. The molecule has 0 saturated heterocycles. The van der Waals surface area contributed by atoms with E-state index in [2.05, 4.69) is 41.6 Å². The molecule has 2 rings (SSSR count). The smallest absolute Gasteiger partial charge is 0.246 e. The fourth-order valence-electron chi connectivity index (χ4n) is 1.58. The minimum absolute atomic E-state index is 0. The van der Waals surface area contributed by atoms with Crippen molar-refractivity contribution in [2.45, 2.75) is 41.5 Å². The first kappa shape index (κ1) is 22.8. The van der Waals surface area contributed by atoms with Crippen molar-refractivity contribution in [3.8, 4) is 0 Å². The van der Waals surface area contributed by atoms with Gasteiger partial charge in [-0.2, -0.15) is 9.97 Å². The third kappa shape index (κ3) is 5.88. The quantitative estimate of drug-likeness (QED) is 0.389. The number of imidazole rings is 1. The maximum atomic E-state index is 12.0. The molecule has 5 N–H and O–H groups in total.